The number of non-ortho nitro benzene ring substituents is 1. The average Bonchev–Trinajstić information content (AvgIpc) is 2.60. The third-order valence-electron chi connectivity index (χ3n) is 3.20. The van der Waals surface area contributed by atoms with Crippen LogP contribution in [0.4, 0.5) is 5.69 Å². The number of ether oxygens (including phenoxy) is 2. The molecule has 0 atom stereocenters. The summed E-state index contributed by atoms with van der Waals surface area (Å²) >= 11 is 5.92. The largest absolute Gasteiger partial charge is 0.494 e. The molecule has 0 saturated carbocycles. The Labute approximate surface area is 149 Å². The minimum absolute atomic E-state index is 0.0527. The summed E-state index contributed by atoms with van der Waals surface area (Å²) in [5.74, 6) is 0.901. The van der Waals surface area contributed by atoms with Crippen LogP contribution in [0.15, 0.2) is 42.5 Å². The first-order chi connectivity index (χ1) is 12.0. The fraction of sp³-hybridized carbons (Fsp3) is 0.235. The molecule has 2 aromatic carbocycles. The zero-order valence-electron chi connectivity index (χ0n) is 13.5. The molecular weight excluding hydrogens is 348 g/mol. The van der Waals surface area contributed by atoms with Crippen LogP contribution in [-0.4, -0.2) is 30.6 Å². The molecule has 0 bridgehead atoms. The molecule has 0 saturated heterocycles. The molecule has 25 heavy (non-hydrogen) atoms. The Morgan fingerprint density at radius 3 is 2.40 bits per heavy atom. The van der Waals surface area contributed by atoms with Crippen LogP contribution in [0, 0.1) is 10.1 Å². The average molecular weight is 365 g/mol. The molecule has 0 unspecified atom stereocenters. The van der Waals surface area contributed by atoms with E-state index in [-0.39, 0.29) is 29.4 Å². The van der Waals surface area contributed by atoms with Gasteiger partial charge in [0.05, 0.1) is 28.7 Å². The summed E-state index contributed by atoms with van der Waals surface area (Å²) < 4.78 is 10.8. The van der Waals surface area contributed by atoms with E-state index in [4.69, 9.17) is 21.1 Å². The quantitative estimate of drug-likeness (QED) is 0.440. The van der Waals surface area contributed by atoms with Gasteiger partial charge in [-0.2, -0.15) is 0 Å². The Bertz CT molecular complexity index is 749. The van der Waals surface area contributed by atoms with Gasteiger partial charge in [0.2, 0.25) is 0 Å². The first-order valence-electron chi connectivity index (χ1n) is 7.59. The van der Waals surface area contributed by atoms with Gasteiger partial charge in [0, 0.05) is 12.1 Å². The fourth-order valence-electron chi connectivity index (χ4n) is 2.03. The second kappa shape index (κ2) is 8.89. The number of nitro benzene ring substituents is 1. The number of benzene rings is 2. The van der Waals surface area contributed by atoms with Crippen LogP contribution in [0.25, 0.3) is 0 Å². The highest BCUT2D eigenvalue weighted by atomic mass is 35.5. The fourth-order valence-corrected chi connectivity index (χ4v) is 2.23. The van der Waals surface area contributed by atoms with E-state index in [9.17, 15) is 14.9 Å². The van der Waals surface area contributed by atoms with Gasteiger partial charge in [-0.3, -0.25) is 14.9 Å². The molecule has 0 aromatic heterocycles. The highest BCUT2D eigenvalue weighted by Crippen LogP contribution is 2.22. The van der Waals surface area contributed by atoms with Crippen molar-refractivity contribution in [3.63, 3.8) is 0 Å². The van der Waals surface area contributed by atoms with Crippen molar-refractivity contribution in [3.8, 4) is 11.5 Å². The number of nitrogens with zero attached hydrogens (tertiary/aromatic N) is 1. The van der Waals surface area contributed by atoms with E-state index < -0.39 is 10.8 Å². The molecule has 0 aliphatic heterocycles. The summed E-state index contributed by atoms with van der Waals surface area (Å²) in [6.07, 6.45) is 0. The van der Waals surface area contributed by atoms with Crippen molar-refractivity contribution < 1.29 is 19.2 Å². The lowest BCUT2D eigenvalue weighted by atomic mass is 10.2. The molecule has 0 aliphatic carbocycles. The number of nitrogens with one attached hydrogen (secondary N) is 1. The molecule has 0 fully saturated rings. The Morgan fingerprint density at radius 2 is 1.80 bits per heavy atom. The van der Waals surface area contributed by atoms with Crippen LogP contribution >= 0.6 is 11.6 Å². The monoisotopic (exact) mass is 364 g/mol. The zero-order valence-corrected chi connectivity index (χ0v) is 14.3. The van der Waals surface area contributed by atoms with Crippen LogP contribution in [0.1, 0.15) is 17.3 Å². The lowest BCUT2D eigenvalue weighted by Gasteiger charge is -2.09. The van der Waals surface area contributed by atoms with Gasteiger partial charge in [-0.15, -0.1) is 0 Å². The number of nitro groups is 1. The molecule has 7 nitrogen and oxygen atoms in total. The molecule has 0 heterocycles. The molecule has 8 heteroatoms. The van der Waals surface area contributed by atoms with Gasteiger partial charge in [-0.1, -0.05) is 11.6 Å². The molecule has 0 radical (unpaired) electrons. The third kappa shape index (κ3) is 5.36. The molecule has 0 spiro atoms. The van der Waals surface area contributed by atoms with Crippen molar-refractivity contribution in [2.24, 2.45) is 0 Å². The van der Waals surface area contributed by atoms with E-state index in [1.807, 2.05) is 6.92 Å². The molecule has 0 aliphatic rings. The maximum Gasteiger partial charge on any atom is 0.270 e. The van der Waals surface area contributed by atoms with Crippen molar-refractivity contribution in [2.45, 2.75) is 6.92 Å². The molecule has 1 amide bonds. The van der Waals surface area contributed by atoms with Gasteiger partial charge in [0.1, 0.15) is 18.1 Å². The third-order valence-corrected chi connectivity index (χ3v) is 3.53. The second-order valence-corrected chi connectivity index (χ2v) is 5.34. The highest BCUT2D eigenvalue weighted by molar-refractivity contribution is 6.33. The van der Waals surface area contributed by atoms with Crippen molar-refractivity contribution in [1.29, 1.82) is 0 Å². The summed E-state index contributed by atoms with van der Waals surface area (Å²) in [4.78, 5) is 22.3. The standard InChI is InChI=1S/C17H17ClN2O5/c1-2-24-13-4-6-14(7-5-13)25-10-9-19-17(21)15-11-12(20(22)23)3-8-16(15)18/h3-8,11H,2,9-10H2,1H3,(H,19,21). The number of hydrogen-bond donors (Lipinski definition) is 1. The lowest BCUT2D eigenvalue weighted by molar-refractivity contribution is -0.384. The summed E-state index contributed by atoms with van der Waals surface area (Å²) in [6.45, 7) is 2.96. The van der Waals surface area contributed by atoms with Gasteiger partial charge >= 0.3 is 0 Å². The molecule has 2 rings (SSSR count). The van der Waals surface area contributed by atoms with Crippen molar-refractivity contribution in [2.75, 3.05) is 19.8 Å². The highest BCUT2D eigenvalue weighted by Gasteiger charge is 2.15. The predicted molar refractivity (Wildman–Crippen MR) is 93.5 cm³/mol. The van der Waals surface area contributed by atoms with Gasteiger partial charge in [0.25, 0.3) is 11.6 Å². The van der Waals surface area contributed by atoms with Gasteiger partial charge in [-0.05, 0) is 37.3 Å². The van der Waals surface area contributed by atoms with Gasteiger partial charge in [0.15, 0.2) is 0 Å². The Kier molecular flexibility index (Phi) is 6.59. The normalized spacial score (nSPS) is 10.2. The summed E-state index contributed by atoms with van der Waals surface area (Å²) in [6, 6.07) is 10.8. The minimum atomic E-state index is -0.581. The van der Waals surface area contributed by atoms with E-state index in [0.717, 1.165) is 11.8 Å². The zero-order chi connectivity index (χ0) is 18.2. The number of halogens is 1. The maximum absolute atomic E-state index is 12.1. The SMILES string of the molecule is CCOc1ccc(OCCNC(=O)c2cc([N+](=O)[O-])ccc2Cl)cc1. The van der Waals surface area contributed by atoms with Crippen molar-refractivity contribution in [3.05, 3.63) is 63.2 Å². The Hall–Kier alpha value is -2.80. The van der Waals surface area contributed by atoms with Crippen molar-refractivity contribution in [1.82, 2.24) is 5.32 Å². The topological polar surface area (TPSA) is 90.7 Å². The van der Waals surface area contributed by atoms with E-state index in [1.165, 1.54) is 12.1 Å². The minimum Gasteiger partial charge on any atom is -0.494 e. The van der Waals surface area contributed by atoms with Gasteiger partial charge in [-0.25, -0.2) is 0 Å². The number of carbonyl (C=O) groups excluding carboxylic acids is 1. The van der Waals surface area contributed by atoms with Crippen LogP contribution in [0.3, 0.4) is 0 Å². The summed E-state index contributed by atoms with van der Waals surface area (Å²) in [5, 5.41) is 13.5. The number of amides is 1. The molecule has 132 valence electrons. The molecule has 2 aromatic rings. The number of rotatable bonds is 8. The van der Waals surface area contributed by atoms with Crippen LogP contribution < -0.4 is 14.8 Å². The first kappa shape index (κ1) is 18.5. The number of hydrogen-bond acceptors (Lipinski definition) is 5. The first-order valence-corrected chi connectivity index (χ1v) is 7.97. The lowest BCUT2D eigenvalue weighted by Crippen LogP contribution is -2.28. The van der Waals surface area contributed by atoms with E-state index in [0.29, 0.717) is 12.4 Å². The predicted octanol–water partition coefficient (Wildman–Crippen LogP) is 3.46. The smallest absolute Gasteiger partial charge is 0.270 e. The van der Waals surface area contributed by atoms with Crippen LogP contribution in [0.2, 0.25) is 5.02 Å². The van der Waals surface area contributed by atoms with Gasteiger partial charge < -0.3 is 14.8 Å². The Balaban J connectivity index is 1.84. The molecular formula is C17H17ClN2O5. The Morgan fingerprint density at radius 1 is 1.16 bits per heavy atom. The van der Waals surface area contributed by atoms with Crippen LogP contribution in [-0.2, 0) is 0 Å². The second-order valence-electron chi connectivity index (χ2n) is 4.93. The maximum atomic E-state index is 12.1. The van der Waals surface area contributed by atoms with E-state index in [2.05, 4.69) is 5.32 Å². The molecule has 1 N–H and O–H groups in total. The number of carbonyl (C=O) groups is 1. The van der Waals surface area contributed by atoms with E-state index >= 15 is 0 Å². The summed E-state index contributed by atoms with van der Waals surface area (Å²) in [7, 11) is 0. The van der Waals surface area contributed by atoms with Crippen LogP contribution in [0.5, 0.6) is 11.5 Å². The van der Waals surface area contributed by atoms with Crippen molar-refractivity contribution >= 4 is 23.2 Å². The summed E-state index contributed by atoms with van der Waals surface area (Å²) in [5.41, 5.74) is -0.142. The van der Waals surface area contributed by atoms with E-state index in [1.54, 1.807) is 24.3 Å².